The molecule has 2 aromatic carbocycles. The third kappa shape index (κ3) is 4.80. The summed E-state index contributed by atoms with van der Waals surface area (Å²) in [6.07, 6.45) is 2.09. The van der Waals surface area contributed by atoms with Gasteiger partial charge >= 0.3 is 0 Å². The molecule has 0 aliphatic carbocycles. The Labute approximate surface area is 207 Å². The SMILES string of the molecule is CCCc1nn(C)c2c(=O)[nH]c(-c3cc(Cc4ccc(C(=O)NO)cc4OC)ccc3OCC)nc12. The molecule has 0 aliphatic heterocycles. The number of aryl methyl sites for hydroxylation is 2. The van der Waals surface area contributed by atoms with Crippen LogP contribution in [0.4, 0.5) is 0 Å². The van der Waals surface area contributed by atoms with E-state index in [-0.39, 0.29) is 11.1 Å². The second-order valence-corrected chi connectivity index (χ2v) is 8.34. The number of methoxy groups -OCH3 is 1. The van der Waals surface area contributed by atoms with Crippen molar-refractivity contribution in [3.05, 3.63) is 69.1 Å². The average Bonchev–Trinajstić information content (AvgIpc) is 3.20. The fourth-order valence-corrected chi connectivity index (χ4v) is 4.25. The highest BCUT2D eigenvalue weighted by atomic mass is 16.5. The van der Waals surface area contributed by atoms with E-state index >= 15 is 0 Å². The lowest BCUT2D eigenvalue weighted by Gasteiger charge is -2.14. The lowest BCUT2D eigenvalue weighted by molar-refractivity contribution is 0.0706. The fraction of sp³-hybridized carbons (Fsp3) is 0.308. The van der Waals surface area contributed by atoms with E-state index in [2.05, 4.69) is 17.0 Å². The van der Waals surface area contributed by atoms with Gasteiger partial charge in [-0.05, 0) is 48.7 Å². The van der Waals surface area contributed by atoms with Crippen molar-refractivity contribution in [1.82, 2.24) is 25.2 Å². The van der Waals surface area contributed by atoms with Crippen LogP contribution in [0.5, 0.6) is 11.5 Å². The number of amides is 1. The summed E-state index contributed by atoms with van der Waals surface area (Å²) in [5.41, 5.74) is 5.88. The van der Waals surface area contributed by atoms with Gasteiger partial charge < -0.3 is 14.5 Å². The quantitative estimate of drug-likeness (QED) is 0.242. The second kappa shape index (κ2) is 10.6. The predicted octanol–water partition coefficient (Wildman–Crippen LogP) is 3.39. The normalized spacial score (nSPS) is 11.0. The van der Waals surface area contributed by atoms with Gasteiger partial charge in [0, 0.05) is 19.0 Å². The predicted molar refractivity (Wildman–Crippen MR) is 135 cm³/mol. The lowest BCUT2D eigenvalue weighted by Crippen LogP contribution is -2.18. The summed E-state index contributed by atoms with van der Waals surface area (Å²) in [5, 5.41) is 13.4. The van der Waals surface area contributed by atoms with Crippen LogP contribution >= 0.6 is 0 Å². The number of carbonyl (C=O) groups excluding carboxylic acids is 1. The van der Waals surface area contributed by atoms with Gasteiger partial charge in [-0.25, -0.2) is 10.5 Å². The number of ether oxygens (including phenoxy) is 2. The van der Waals surface area contributed by atoms with Crippen molar-refractivity contribution in [3.8, 4) is 22.9 Å². The molecule has 2 aromatic heterocycles. The van der Waals surface area contributed by atoms with Crippen molar-refractivity contribution in [2.45, 2.75) is 33.1 Å². The van der Waals surface area contributed by atoms with E-state index in [0.29, 0.717) is 46.9 Å². The van der Waals surface area contributed by atoms with E-state index in [0.717, 1.165) is 29.7 Å². The maximum Gasteiger partial charge on any atom is 0.277 e. The Morgan fingerprint density at radius 3 is 2.67 bits per heavy atom. The van der Waals surface area contributed by atoms with Crippen LogP contribution in [0.2, 0.25) is 0 Å². The van der Waals surface area contributed by atoms with Crippen molar-refractivity contribution < 1.29 is 19.5 Å². The van der Waals surface area contributed by atoms with Gasteiger partial charge in [0.25, 0.3) is 11.5 Å². The molecule has 2 heterocycles. The minimum Gasteiger partial charge on any atom is -0.496 e. The molecule has 0 fully saturated rings. The van der Waals surface area contributed by atoms with Gasteiger partial charge in [-0.1, -0.05) is 25.5 Å². The van der Waals surface area contributed by atoms with E-state index in [1.165, 1.54) is 7.11 Å². The molecule has 0 saturated heterocycles. The summed E-state index contributed by atoms with van der Waals surface area (Å²) in [7, 11) is 3.27. The molecule has 0 spiro atoms. The van der Waals surface area contributed by atoms with Crippen molar-refractivity contribution in [3.63, 3.8) is 0 Å². The molecule has 10 heteroatoms. The number of rotatable bonds is 9. The largest absolute Gasteiger partial charge is 0.496 e. The Hall–Kier alpha value is -4.18. The molecule has 0 bridgehead atoms. The molecule has 0 aliphatic rings. The number of hydrogen-bond donors (Lipinski definition) is 3. The van der Waals surface area contributed by atoms with Crippen molar-refractivity contribution in [2.75, 3.05) is 13.7 Å². The van der Waals surface area contributed by atoms with E-state index in [1.807, 2.05) is 25.1 Å². The van der Waals surface area contributed by atoms with Crippen LogP contribution in [-0.4, -0.2) is 44.6 Å². The van der Waals surface area contributed by atoms with Gasteiger partial charge in [-0.2, -0.15) is 5.10 Å². The highest BCUT2D eigenvalue weighted by molar-refractivity contribution is 5.93. The highest BCUT2D eigenvalue weighted by Crippen LogP contribution is 2.32. The summed E-state index contributed by atoms with van der Waals surface area (Å²) >= 11 is 0. The van der Waals surface area contributed by atoms with Crippen LogP contribution in [0.1, 0.15) is 47.4 Å². The smallest absolute Gasteiger partial charge is 0.277 e. The highest BCUT2D eigenvalue weighted by Gasteiger charge is 2.18. The molecule has 0 saturated carbocycles. The van der Waals surface area contributed by atoms with Gasteiger partial charge in [0.2, 0.25) is 0 Å². The standard InChI is InChI=1S/C26H29N5O5/c1-5-7-19-22-23(31(3)29-19)26(33)28-24(27-22)18-13-15(8-11-20(18)36-6-2)12-16-9-10-17(25(32)30-34)14-21(16)35-4/h8-11,13-14,34H,5-7,12H2,1-4H3,(H,30,32)(H,27,28,33). The molecule has 10 nitrogen and oxygen atoms in total. The number of aromatic nitrogens is 4. The molecule has 1 amide bonds. The summed E-state index contributed by atoms with van der Waals surface area (Å²) in [6, 6.07) is 10.7. The number of hydrogen-bond acceptors (Lipinski definition) is 7. The molecule has 4 rings (SSSR count). The number of aromatic amines is 1. The molecular weight excluding hydrogens is 462 g/mol. The second-order valence-electron chi connectivity index (χ2n) is 8.34. The first kappa shape index (κ1) is 24.9. The van der Waals surface area contributed by atoms with E-state index in [9.17, 15) is 9.59 Å². The number of hydroxylamine groups is 1. The first-order valence-electron chi connectivity index (χ1n) is 11.7. The van der Waals surface area contributed by atoms with Crippen LogP contribution in [0.3, 0.4) is 0 Å². The molecule has 36 heavy (non-hydrogen) atoms. The lowest BCUT2D eigenvalue weighted by atomic mass is 9.99. The Morgan fingerprint density at radius 1 is 1.17 bits per heavy atom. The summed E-state index contributed by atoms with van der Waals surface area (Å²) in [4.78, 5) is 32.5. The van der Waals surface area contributed by atoms with Gasteiger partial charge in [0.15, 0.2) is 5.52 Å². The van der Waals surface area contributed by atoms with Crippen LogP contribution < -0.4 is 20.5 Å². The zero-order valence-corrected chi connectivity index (χ0v) is 20.7. The third-order valence-corrected chi connectivity index (χ3v) is 5.89. The summed E-state index contributed by atoms with van der Waals surface area (Å²) < 4.78 is 12.9. The Kier molecular flexibility index (Phi) is 7.35. The maximum atomic E-state index is 13.0. The summed E-state index contributed by atoms with van der Waals surface area (Å²) in [5.74, 6) is 0.905. The zero-order valence-electron chi connectivity index (χ0n) is 20.7. The number of nitrogens with one attached hydrogen (secondary N) is 2. The minimum absolute atomic E-state index is 0.264. The van der Waals surface area contributed by atoms with Gasteiger partial charge in [0.1, 0.15) is 22.8 Å². The number of H-pyrrole nitrogens is 1. The van der Waals surface area contributed by atoms with E-state index < -0.39 is 5.91 Å². The van der Waals surface area contributed by atoms with Crippen molar-refractivity contribution in [2.24, 2.45) is 7.05 Å². The Balaban J connectivity index is 1.80. The van der Waals surface area contributed by atoms with E-state index in [4.69, 9.17) is 19.7 Å². The molecule has 4 aromatic rings. The molecule has 0 unspecified atom stereocenters. The average molecular weight is 492 g/mol. The molecule has 188 valence electrons. The van der Waals surface area contributed by atoms with Crippen LogP contribution in [0.15, 0.2) is 41.2 Å². The minimum atomic E-state index is -0.619. The number of carbonyl (C=O) groups is 1. The first-order valence-corrected chi connectivity index (χ1v) is 11.7. The first-order chi connectivity index (χ1) is 17.4. The fourth-order valence-electron chi connectivity index (χ4n) is 4.25. The topological polar surface area (TPSA) is 131 Å². The van der Waals surface area contributed by atoms with Crippen molar-refractivity contribution in [1.29, 1.82) is 0 Å². The molecule has 3 N–H and O–H groups in total. The van der Waals surface area contributed by atoms with Crippen molar-refractivity contribution >= 4 is 16.9 Å². The van der Waals surface area contributed by atoms with Gasteiger partial charge in [0.05, 0.1) is 25.0 Å². The van der Waals surface area contributed by atoms with Crippen LogP contribution in [-0.2, 0) is 19.9 Å². The summed E-state index contributed by atoms with van der Waals surface area (Å²) in [6.45, 7) is 4.41. The zero-order chi connectivity index (χ0) is 25.8. The third-order valence-electron chi connectivity index (χ3n) is 5.89. The monoisotopic (exact) mass is 491 g/mol. The van der Waals surface area contributed by atoms with Crippen LogP contribution in [0.25, 0.3) is 22.4 Å². The molecule has 0 radical (unpaired) electrons. The molecular formula is C26H29N5O5. The van der Waals surface area contributed by atoms with Gasteiger partial charge in [-0.3, -0.25) is 19.5 Å². The van der Waals surface area contributed by atoms with Gasteiger partial charge in [-0.15, -0.1) is 0 Å². The van der Waals surface area contributed by atoms with Crippen LogP contribution in [0, 0.1) is 0 Å². The number of nitrogens with zero attached hydrogens (tertiary/aromatic N) is 3. The number of fused-ring (bicyclic) bond motifs is 1. The molecule has 0 atom stereocenters. The Morgan fingerprint density at radius 2 is 1.97 bits per heavy atom. The number of benzene rings is 2. The Bertz CT molecular complexity index is 1470. The maximum absolute atomic E-state index is 13.0. The van der Waals surface area contributed by atoms with E-state index in [1.54, 1.807) is 35.4 Å².